The van der Waals surface area contributed by atoms with Gasteiger partial charge in [0.2, 0.25) is 5.91 Å². The molecule has 1 aromatic rings. The Morgan fingerprint density at radius 1 is 1.41 bits per heavy atom. The van der Waals surface area contributed by atoms with Gasteiger partial charge in [0.15, 0.2) is 0 Å². The summed E-state index contributed by atoms with van der Waals surface area (Å²) in [6.45, 7) is 0.699. The number of nitrogens with two attached hydrogens (primary N) is 1. The summed E-state index contributed by atoms with van der Waals surface area (Å²) in [7, 11) is 0. The molecule has 1 fully saturated rings. The lowest BCUT2D eigenvalue weighted by Gasteiger charge is -2.34. The van der Waals surface area contributed by atoms with E-state index in [1.807, 2.05) is 18.2 Å². The monoisotopic (exact) mass is 250 g/mol. The quantitative estimate of drug-likeness (QED) is 0.852. The first-order valence-corrected chi connectivity index (χ1v) is 7.05. The van der Waals surface area contributed by atoms with E-state index >= 15 is 0 Å². The van der Waals surface area contributed by atoms with Gasteiger partial charge in [0.25, 0.3) is 0 Å². The van der Waals surface area contributed by atoms with Crippen LogP contribution in [0.1, 0.15) is 18.4 Å². The fourth-order valence-electron chi connectivity index (χ4n) is 2.08. The van der Waals surface area contributed by atoms with Gasteiger partial charge >= 0.3 is 0 Å². The first-order chi connectivity index (χ1) is 8.23. The molecule has 0 radical (unpaired) electrons. The summed E-state index contributed by atoms with van der Waals surface area (Å²) in [6.07, 6.45) is 1.90. The Bertz CT molecular complexity index is 374. The van der Waals surface area contributed by atoms with Crippen LogP contribution in [-0.2, 0) is 11.3 Å². The Balaban J connectivity index is 2.01. The van der Waals surface area contributed by atoms with Crippen LogP contribution in [0.2, 0.25) is 0 Å². The molecule has 2 rings (SSSR count). The van der Waals surface area contributed by atoms with E-state index in [-0.39, 0.29) is 5.91 Å². The van der Waals surface area contributed by atoms with Crippen LogP contribution in [0, 0.1) is 0 Å². The van der Waals surface area contributed by atoms with Gasteiger partial charge in [0.05, 0.1) is 0 Å². The third kappa shape index (κ3) is 3.01. The highest BCUT2D eigenvalue weighted by Gasteiger charge is 2.37. The minimum absolute atomic E-state index is 0.222. The molecular formula is C13H18N2OS. The summed E-state index contributed by atoms with van der Waals surface area (Å²) < 4.78 is 0. The molecule has 0 saturated carbocycles. The topological polar surface area (TPSA) is 55.1 Å². The van der Waals surface area contributed by atoms with E-state index in [1.165, 1.54) is 5.56 Å². The molecule has 1 saturated heterocycles. The Hall–Kier alpha value is -1.00. The molecule has 0 spiro atoms. The van der Waals surface area contributed by atoms with Crippen LogP contribution >= 0.6 is 11.8 Å². The molecular weight excluding hydrogens is 232 g/mol. The second-order valence-electron chi connectivity index (χ2n) is 4.44. The van der Waals surface area contributed by atoms with E-state index in [0.29, 0.717) is 6.54 Å². The maximum atomic E-state index is 11.6. The van der Waals surface area contributed by atoms with Gasteiger partial charge < -0.3 is 5.73 Å². The zero-order chi connectivity index (χ0) is 12.1. The fourth-order valence-corrected chi connectivity index (χ4v) is 3.31. The first kappa shape index (κ1) is 12.5. The van der Waals surface area contributed by atoms with Crippen LogP contribution in [0.5, 0.6) is 0 Å². The minimum Gasteiger partial charge on any atom is -0.368 e. The SMILES string of the molecule is NC(=O)C1(NCc2ccccc2)CCCSC1. The van der Waals surface area contributed by atoms with Crippen molar-refractivity contribution in [2.75, 3.05) is 11.5 Å². The van der Waals surface area contributed by atoms with Gasteiger partial charge in [0.1, 0.15) is 5.54 Å². The first-order valence-electron chi connectivity index (χ1n) is 5.90. The summed E-state index contributed by atoms with van der Waals surface area (Å²) in [4.78, 5) is 11.6. The van der Waals surface area contributed by atoms with Crippen molar-refractivity contribution in [1.82, 2.24) is 5.32 Å². The molecule has 17 heavy (non-hydrogen) atoms. The van der Waals surface area contributed by atoms with Gasteiger partial charge in [0, 0.05) is 12.3 Å². The zero-order valence-corrected chi connectivity index (χ0v) is 10.6. The molecule has 3 N–H and O–H groups in total. The van der Waals surface area contributed by atoms with Crippen LogP contribution < -0.4 is 11.1 Å². The summed E-state index contributed by atoms with van der Waals surface area (Å²) >= 11 is 1.80. The van der Waals surface area contributed by atoms with Crippen molar-refractivity contribution in [3.8, 4) is 0 Å². The van der Waals surface area contributed by atoms with Gasteiger partial charge in [-0.05, 0) is 24.2 Å². The standard InChI is InChI=1S/C13H18N2OS/c14-12(16)13(7-4-8-17-10-13)15-9-11-5-2-1-3-6-11/h1-3,5-6,15H,4,7-10H2,(H2,14,16). The van der Waals surface area contributed by atoms with Crippen molar-refractivity contribution in [1.29, 1.82) is 0 Å². The number of nitrogens with one attached hydrogen (secondary N) is 1. The molecule has 1 aromatic carbocycles. The molecule has 0 bridgehead atoms. The maximum absolute atomic E-state index is 11.6. The van der Waals surface area contributed by atoms with Crippen molar-refractivity contribution in [3.63, 3.8) is 0 Å². The lowest BCUT2D eigenvalue weighted by Crippen LogP contribution is -2.58. The third-order valence-corrected chi connectivity index (χ3v) is 4.46. The number of hydrogen-bond donors (Lipinski definition) is 2. The maximum Gasteiger partial charge on any atom is 0.238 e. The minimum atomic E-state index is -0.515. The van der Waals surface area contributed by atoms with Crippen molar-refractivity contribution in [3.05, 3.63) is 35.9 Å². The number of carbonyl (C=O) groups is 1. The summed E-state index contributed by atoms with van der Waals surface area (Å²) in [6, 6.07) is 10.1. The van der Waals surface area contributed by atoms with Gasteiger partial charge in [-0.25, -0.2) is 0 Å². The van der Waals surface area contributed by atoms with Crippen molar-refractivity contribution < 1.29 is 4.79 Å². The number of benzene rings is 1. The highest BCUT2D eigenvalue weighted by atomic mass is 32.2. The number of carbonyl (C=O) groups excluding carboxylic acids is 1. The number of rotatable bonds is 4. The molecule has 1 atom stereocenters. The van der Waals surface area contributed by atoms with Crippen LogP contribution in [0.25, 0.3) is 0 Å². The highest BCUT2D eigenvalue weighted by molar-refractivity contribution is 7.99. The molecule has 0 aliphatic carbocycles. The predicted molar refractivity (Wildman–Crippen MR) is 71.8 cm³/mol. The van der Waals surface area contributed by atoms with Crippen LogP contribution in [0.4, 0.5) is 0 Å². The van der Waals surface area contributed by atoms with E-state index in [4.69, 9.17) is 5.73 Å². The van der Waals surface area contributed by atoms with E-state index in [9.17, 15) is 4.79 Å². The lowest BCUT2D eigenvalue weighted by molar-refractivity contribution is -0.124. The molecule has 1 amide bonds. The molecule has 1 heterocycles. The van der Waals surface area contributed by atoms with Crippen molar-refractivity contribution in [2.24, 2.45) is 5.73 Å². The fraction of sp³-hybridized carbons (Fsp3) is 0.462. The zero-order valence-electron chi connectivity index (χ0n) is 9.82. The number of amides is 1. The van der Waals surface area contributed by atoms with E-state index in [2.05, 4.69) is 17.4 Å². The second-order valence-corrected chi connectivity index (χ2v) is 5.55. The Morgan fingerprint density at radius 2 is 2.18 bits per heavy atom. The van der Waals surface area contributed by atoms with Gasteiger partial charge in [-0.3, -0.25) is 10.1 Å². The average molecular weight is 250 g/mol. The third-order valence-electron chi connectivity index (χ3n) is 3.19. The molecule has 1 aliphatic rings. The number of thioether (sulfide) groups is 1. The van der Waals surface area contributed by atoms with Crippen LogP contribution in [0.15, 0.2) is 30.3 Å². The molecule has 0 aromatic heterocycles. The number of hydrogen-bond acceptors (Lipinski definition) is 3. The smallest absolute Gasteiger partial charge is 0.238 e. The summed E-state index contributed by atoms with van der Waals surface area (Å²) in [5.41, 5.74) is 6.22. The number of primary amides is 1. The predicted octanol–water partition coefficient (Wildman–Crippen LogP) is 1.53. The van der Waals surface area contributed by atoms with E-state index in [0.717, 1.165) is 24.3 Å². The Kier molecular flexibility index (Phi) is 4.07. The normalized spacial score (nSPS) is 24.5. The molecule has 4 heteroatoms. The van der Waals surface area contributed by atoms with Crippen LogP contribution in [-0.4, -0.2) is 23.0 Å². The lowest BCUT2D eigenvalue weighted by atomic mass is 9.94. The van der Waals surface area contributed by atoms with Gasteiger partial charge in [-0.15, -0.1) is 0 Å². The largest absolute Gasteiger partial charge is 0.368 e. The Labute approximate surface area is 106 Å². The Morgan fingerprint density at radius 3 is 2.76 bits per heavy atom. The highest BCUT2D eigenvalue weighted by Crippen LogP contribution is 2.26. The average Bonchev–Trinajstić information content (AvgIpc) is 2.38. The summed E-state index contributed by atoms with van der Waals surface area (Å²) in [5, 5.41) is 3.36. The molecule has 1 unspecified atom stereocenters. The van der Waals surface area contributed by atoms with Crippen molar-refractivity contribution >= 4 is 17.7 Å². The van der Waals surface area contributed by atoms with E-state index < -0.39 is 5.54 Å². The van der Waals surface area contributed by atoms with E-state index in [1.54, 1.807) is 11.8 Å². The summed E-state index contributed by atoms with van der Waals surface area (Å²) in [5.74, 6) is 1.69. The molecule has 92 valence electrons. The van der Waals surface area contributed by atoms with Crippen LogP contribution in [0.3, 0.4) is 0 Å². The van der Waals surface area contributed by atoms with Gasteiger partial charge in [-0.2, -0.15) is 11.8 Å². The second kappa shape index (κ2) is 5.56. The van der Waals surface area contributed by atoms with Gasteiger partial charge in [-0.1, -0.05) is 30.3 Å². The molecule has 1 aliphatic heterocycles. The van der Waals surface area contributed by atoms with Crippen molar-refractivity contribution in [2.45, 2.75) is 24.9 Å². The molecule has 3 nitrogen and oxygen atoms in total.